The number of hydrogen-bond acceptors (Lipinski definition) is 2. The summed E-state index contributed by atoms with van der Waals surface area (Å²) in [5.74, 6) is 0.715. The van der Waals surface area contributed by atoms with Gasteiger partial charge in [0.15, 0.2) is 0 Å². The van der Waals surface area contributed by atoms with Crippen molar-refractivity contribution in [2.45, 2.75) is 45.7 Å². The van der Waals surface area contributed by atoms with E-state index in [0.29, 0.717) is 18.0 Å². The zero-order chi connectivity index (χ0) is 12.1. The molecule has 3 unspecified atom stereocenters. The van der Waals surface area contributed by atoms with Crippen molar-refractivity contribution in [3.63, 3.8) is 0 Å². The first-order valence-corrected chi connectivity index (χ1v) is 7.16. The molecule has 3 heteroatoms. The average Bonchev–Trinajstić information content (AvgIpc) is 2.23. The van der Waals surface area contributed by atoms with Crippen LogP contribution in [-0.2, 0) is 0 Å². The van der Waals surface area contributed by atoms with E-state index in [0.717, 1.165) is 17.6 Å². The van der Waals surface area contributed by atoms with E-state index in [2.05, 4.69) is 53.5 Å². The average molecular weight is 289 g/mol. The quantitative estimate of drug-likeness (QED) is 0.837. The molecule has 16 heavy (non-hydrogen) atoms. The molecule has 1 heterocycles. The number of nitrogens with zero attached hydrogens (tertiary/aromatic N) is 1. The van der Waals surface area contributed by atoms with E-state index < -0.39 is 0 Å². The van der Waals surface area contributed by atoms with E-state index in [-0.39, 0.29) is 0 Å². The van der Waals surface area contributed by atoms with E-state index in [9.17, 15) is 0 Å². The van der Waals surface area contributed by atoms with Gasteiger partial charge in [-0.2, -0.15) is 0 Å². The van der Waals surface area contributed by atoms with Gasteiger partial charge in [0.25, 0.3) is 0 Å². The lowest BCUT2D eigenvalue weighted by molar-refractivity contribution is 0.0957. The third-order valence-corrected chi connectivity index (χ3v) is 3.98. The summed E-state index contributed by atoms with van der Waals surface area (Å²) in [6.07, 6.45) is 2.48. The number of likely N-dealkylation sites (tertiary alicyclic amines) is 1. The maximum atomic E-state index is 3.94. The Labute approximate surface area is 109 Å². The van der Waals surface area contributed by atoms with E-state index >= 15 is 0 Å². The predicted octanol–water partition coefficient (Wildman–Crippen LogP) is 2.99. The van der Waals surface area contributed by atoms with E-state index in [4.69, 9.17) is 0 Å². The van der Waals surface area contributed by atoms with Crippen molar-refractivity contribution in [1.29, 1.82) is 0 Å². The first kappa shape index (κ1) is 14.2. The summed E-state index contributed by atoms with van der Waals surface area (Å²) < 4.78 is 1.09. The first-order chi connectivity index (χ1) is 7.56. The monoisotopic (exact) mass is 288 g/mol. The van der Waals surface area contributed by atoms with Crippen molar-refractivity contribution in [3.8, 4) is 0 Å². The fraction of sp³-hybridized carbons (Fsp3) is 0.846. The van der Waals surface area contributed by atoms with Gasteiger partial charge < -0.3 is 5.32 Å². The maximum absolute atomic E-state index is 3.94. The summed E-state index contributed by atoms with van der Waals surface area (Å²) >= 11 is 3.46. The van der Waals surface area contributed by atoms with Gasteiger partial charge in [0.1, 0.15) is 0 Å². The van der Waals surface area contributed by atoms with Gasteiger partial charge in [-0.05, 0) is 32.2 Å². The van der Waals surface area contributed by atoms with Crippen LogP contribution in [0.15, 0.2) is 11.1 Å². The molecule has 0 saturated carbocycles. The molecule has 0 amide bonds. The van der Waals surface area contributed by atoms with Crippen molar-refractivity contribution in [2.75, 3.05) is 19.6 Å². The highest BCUT2D eigenvalue weighted by Gasteiger charge is 2.31. The number of piperidine rings is 1. The van der Waals surface area contributed by atoms with Crippen LogP contribution in [-0.4, -0.2) is 36.6 Å². The molecule has 1 aliphatic rings. The van der Waals surface area contributed by atoms with Crippen molar-refractivity contribution in [2.24, 2.45) is 5.92 Å². The molecule has 0 aromatic rings. The summed E-state index contributed by atoms with van der Waals surface area (Å²) in [6.45, 7) is 14.2. The Morgan fingerprint density at radius 1 is 1.50 bits per heavy atom. The molecule has 2 nitrogen and oxygen atoms in total. The lowest BCUT2D eigenvalue weighted by atomic mass is 9.87. The molecule has 1 N–H and O–H groups in total. The minimum absolute atomic E-state index is 0.636. The molecular formula is C13H25BrN2. The fourth-order valence-electron chi connectivity index (χ4n) is 2.50. The van der Waals surface area contributed by atoms with Crippen LogP contribution in [0.3, 0.4) is 0 Å². The van der Waals surface area contributed by atoms with Crippen molar-refractivity contribution < 1.29 is 0 Å². The second kappa shape index (κ2) is 6.77. The Morgan fingerprint density at radius 2 is 2.19 bits per heavy atom. The SMILES string of the molecule is C=C(Br)CN1CCC(NCCC)C(C)C1C. The smallest absolute Gasteiger partial charge is 0.0296 e. The van der Waals surface area contributed by atoms with E-state index in [1.54, 1.807) is 0 Å². The van der Waals surface area contributed by atoms with Gasteiger partial charge >= 0.3 is 0 Å². The van der Waals surface area contributed by atoms with Crippen LogP contribution in [0.25, 0.3) is 0 Å². The lowest BCUT2D eigenvalue weighted by Gasteiger charge is -2.43. The van der Waals surface area contributed by atoms with Crippen LogP contribution >= 0.6 is 15.9 Å². The maximum Gasteiger partial charge on any atom is 0.0296 e. The second-order valence-corrected chi connectivity index (χ2v) is 6.06. The van der Waals surface area contributed by atoms with Gasteiger partial charge in [0.05, 0.1) is 0 Å². The second-order valence-electron chi connectivity index (χ2n) is 4.94. The Hall–Kier alpha value is 0.140. The minimum atomic E-state index is 0.636. The van der Waals surface area contributed by atoms with Crippen molar-refractivity contribution >= 4 is 15.9 Å². The van der Waals surface area contributed by atoms with Crippen LogP contribution in [0.5, 0.6) is 0 Å². The van der Waals surface area contributed by atoms with Gasteiger partial charge in [-0.1, -0.05) is 36.4 Å². The molecule has 1 aliphatic heterocycles. The van der Waals surface area contributed by atoms with Gasteiger partial charge in [0, 0.05) is 29.7 Å². The van der Waals surface area contributed by atoms with Gasteiger partial charge in [-0.15, -0.1) is 0 Å². The van der Waals surface area contributed by atoms with Crippen LogP contribution < -0.4 is 5.32 Å². The van der Waals surface area contributed by atoms with Crippen LogP contribution in [0.2, 0.25) is 0 Å². The minimum Gasteiger partial charge on any atom is -0.314 e. The molecule has 0 bridgehead atoms. The predicted molar refractivity (Wildman–Crippen MR) is 75.0 cm³/mol. The number of rotatable bonds is 5. The van der Waals surface area contributed by atoms with E-state index in [1.165, 1.54) is 19.4 Å². The number of hydrogen-bond donors (Lipinski definition) is 1. The molecular weight excluding hydrogens is 264 g/mol. The topological polar surface area (TPSA) is 15.3 Å². The molecule has 1 fully saturated rings. The molecule has 94 valence electrons. The lowest BCUT2D eigenvalue weighted by Crippen LogP contribution is -2.53. The van der Waals surface area contributed by atoms with Crippen molar-refractivity contribution in [3.05, 3.63) is 11.1 Å². The highest BCUT2D eigenvalue weighted by atomic mass is 79.9. The summed E-state index contributed by atoms with van der Waals surface area (Å²) in [7, 11) is 0. The molecule has 0 aromatic heterocycles. The summed E-state index contributed by atoms with van der Waals surface area (Å²) in [5, 5.41) is 3.66. The van der Waals surface area contributed by atoms with E-state index in [1.807, 2.05) is 0 Å². The molecule has 0 aliphatic carbocycles. The fourth-order valence-corrected chi connectivity index (χ4v) is 2.82. The molecule has 1 saturated heterocycles. The van der Waals surface area contributed by atoms with Crippen LogP contribution in [0.1, 0.15) is 33.6 Å². The summed E-state index contributed by atoms with van der Waals surface area (Å²) in [6, 6.07) is 1.33. The zero-order valence-corrected chi connectivity index (χ0v) is 12.4. The van der Waals surface area contributed by atoms with Gasteiger partial charge in [0.2, 0.25) is 0 Å². The Kier molecular flexibility index (Phi) is 6.01. The number of halogens is 1. The normalized spacial score (nSPS) is 31.6. The standard InChI is InChI=1S/C13H25BrN2/c1-5-7-15-13-6-8-16(9-10(2)14)12(4)11(13)3/h11-13,15H,2,5-9H2,1,3-4H3. The highest BCUT2D eigenvalue weighted by molar-refractivity contribution is 9.11. The van der Waals surface area contributed by atoms with Crippen molar-refractivity contribution in [1.82, 2.24) is 10.2 Å². The van der Waals surface area contributed by atoms with Crippen LogP contribution in [0, 0.1) is 5.92 Å². The molecule has 3 atom stereocenters. The Morgan fingerprint density at radius 3 is 2.75 bits per heavy atom. The Balaban J connectivity index is 2.47. The molecule has 0 aromatic carbocycles. The molecule has 0 radical (unpaired) electrons. The summed E-state index contributed by atoms with van der Waals surface area (Å²) in [5.41, 5.74) is 0. The number of nitrogens with one attached hydrogen (secondary N) is 1. The van der Waals surface area contributed by atoms with Crippen LogP contribution in [0.4, 0.5) is 0 Å². The molecule has 0 spiro atoms. The van der Waals surface area contributed by atoms with Gasteiger partial charge in [-0.25, -0.2) is 0 Å². The Bertz CT molecular complexity index is 230. The largest absolute Gasteiger partial charge is 0.314 e. The first-order valence-electron chi connectivity index (χ1n) is 6.37. The third kappa shape index (κ3) is 3.86. The highest BCUT2D eigenvalue weighted by Crippen LogP contribution is 2.24. The summed E-state index contributed by atoms with van der Waals surface area (Å²) in [4.78, 5) is 2.52. The van der Waals surface area contributed by atoms with Gasteiger partial charge in [-0.3, -0.25) is 4.90 Å². The third-order valence-electron chi connectivity index (χ3n) is 3.73. The zero-order valence-electron chi connectivity index (χ0n) is 10.8. The molecule has 1 rings (SSSR count).